The third-order valence-electron chi connectivity index (χ3n) is 12.2. The van der Waals surface area contributed by atoms with Crippen LogP contribution in [0.15, 0.2) is 193 Å². The van der Waals surface area contributed by atoms with Crippen LogP contribution in [-0.4, -0.2) is 10.4 Å². The Labute approximate surface area is 347 Å². The van der Waals surface area contributed by atoms with Crippen molar-refractivity contribution in [3.05, 3.63) is 205 Å². The maximum absolute atomic E-state index is 5.40. The van der Waals surface area contributed by atoms with Crippen LogP contribution in [0, 0.1) is 0 Å². The minimum absolute atomic E-state index is 0.0750. The number of hydrogen-bond donors (Lipinski definition) is 1. The monoisotopic (exact) mass is 787 g/mol. The molecule has 3 nitrogen and oxygen atoms in total. The lowest BCUT2D eigenvalue weighted by Crippen LogP contribution is -2.31. The molecule has 3 aromatic heterocycles. The second-order valence-corrected chi connectivity index (χ2v) is 17.7. The molecule has 0 bridgehead atoms. The normalized spacial score (nSPS) is 14.6. The molecular formula is C54H33N3S2. The second kappa shape index (κ2) is 12.7. The van der Waals surface area contributed by atoms with Crippen LogP contribution in [0.3, 0.4) is 0 Å². The first kappa shape index (κ1) is 33.0. The summed E-state index contributed by atoms with van der Waals surface area (Å²) in [7, 11) is 0. The van der Waals surface area contributed by atoms with Gasteiger partial charge in [-0.1, -0.05) is 109 Å². The van der Waals surface area contributed by atoms with E-state index in [9.17, 15) is 0 Å². The molecule has 0 spiro atoms. The van der Waals surface area contributed by atoms with Crippen molar-refractivity contribution in [3.63, 3.8) is 0 Å². The van der Waals surface area contributed by atoms with Gasteiger partial charge in [0.25, 0.3) is 0 Å². The zero-order valence-corrected chi connectivity index (χ0v) is 33.3. The molecule has 1 N–H and O–H groups in total. The zero-order chi connectivity index (χ0) is 38.6. The maximum Gasteiger partial charge on any atom is 0.134 e. The molecule has 5 heteroatoms. The number of aliphatic imine (C=N–C) groups is 1. The van der Waals surface area contributed by atoms with E-state index in [-0.39, 0.29) is 6.04 Å². The van der Waals surface area contributed by atoms with Crippen molar-refractivity contribution >= 4 is 118 Å². The molecule has 9 aromatic carbocycles. The van der Waals surface area contributed by atoms with Gasteiger partial charge in [-0.15, -0.1) is 22.7 Å². The van der Waals surface area contributed by atoms with Crippen molar-refractivity contribution in [3.8, 4) is 5.69 Å². The van der Waals surface area contributed by atoms with Crippen LogP contribution >= 0.6 is 22.7 Å². The molecule has 4 heterocycles. The Morgan fingerprint density at radius 1 is 0.441 bits per heavy atom. The van der Waals surface area contributed by atoms with Crippen molar-refractivity contribution in [2.45, 2.75) is 6.04 Å². The molecule has 13 rings (SSSR count). The molecule has 0 amide bonds. The first-order valence-corrected chi connectivity index (χ1v) is 21.7. The number of hydrogen-bond acceptors (Lipinski definition) is 4. The maximum atomic E-state index is 5.40. The highest BCUT2D eigenvalue weighted by atomic mass is 32.1. The fourth-order valence-corrected chi connectivity index (χ4v) is 11.6. The summed E-state index contributed by atoms with van der Waals surface area (Å²) < 4.78 is 7.65. The van der Waals surface area contributed by atoms with Crippen LogP contribution in [0.1, 0.15) is 22.7 Å². The molecule has 1 unspecified atom stereocenters. The summed E-state index contributed by atoms with van der Waals surface area (Å²) in [6, 6.07) is 66.7. The predicted molar refractivity (Wildman–Crippen MR) is 255 cm³/mol. The van der Waals surface area contributed by atoms with E-state index in [2.05, 4.69) is 198 Å². The number of nitrogens with zero attached hydrogens (tertiary/aromatic N) is 2. The van der Waals surface area contributed by atoms with Gasteiger partial charge in [0, 0.05) is 67.9 Å². The highest BCUT2D eigenvalue weighted by Crippen LogP contribution is 2.42. The van der Waals surface area contributed by atoms with Crippen molar-refractivity contribution < 1.29 is 0 Å². The average Bonchev–Trinajstić information content (AvgIpc) is 3.98. The molecule has 0 saturated carbocycles. The first-order chi connectivity index (χ1) is 29.2. The Bertz CT molecular complexity index is 3670. The van der Waals surface area contributed by atoms with Gasteiger partial charge in [-0.25, -0.2) is 4.99 Å². The van der Waals surface area contributed by atoms with Crippen molar-refractivity contribution in [2.24, 2.45) is 4.99 Å². The molecule has 0 fully saturated rings. The minimum atomic E-state index is -0.0750. The first-order valence-electron chi connectivity index (χ1n) is 20.1. The van der Waals surface area contributed by atoms with Gasteiger partial charge in [-0.05, 0) is 106 Å². The standard InChI is InChI=1S/C54H33N3S2/c1-3-11-38-32(9-1)19-25-46-52(38)53-39-12-4-2-10-33(39)20-26-47(53)57(46)37-23-17-34(18-24-37)54-55-44(35-21-27-50-42(29-35)40-13-5-7-15-48(40)58-50)31-45(56-54)36-22-28-51-43(30-36)41-14-6-8-16-49(41)59-51/h1-31,44H,(H,55,56). The van der Waals surface area contributed by atoms with Gasteiger partial charge in [0.2, 0.25) is 0 Å². The van der Waals surface area contributed by atoms with E-state index in [1.54, 1.807) is 0 Å². The Balaban J connectivity index is 0.964. The second-order valence-electron chi connectivity index (χ2n) is 15.5. The van der Waals surface area contributed by atoms with E-state index in [1.165, 1.54) is 89.3 Å². The van der Waals surface area contributed by atoms with Gasteiger partial charge in [0.1, 0.15) is 5.84 Å². The van der Waals surface area contributed by atoms with Crippen LogP contribution in [0.2, 0.25) is 0 Å². The molecule has 0 saturated heterocycles. The van der Waals surface area contributed by atoms with Gasteiger partial charge < -0.3 is 9.88 Å². The quantitative estimate of drug-likeness (QED) is 0.189. The largest absolute Gasteiger partial charge is 0.359 e. The van der Waals surface area contributed by atoms with Crippen molar-refractivity contribution in [2.75, 3.05) is 0 Å². The molecule has 1 aliphatic rings. The van der Waals surface area contributed by atoms with Crippen molar-refractivity contribution in [1.82, 2.24) is 9.88 Å². The van der Waals surface area contributed by atoms with E-state index in [0.717, 1.165) is 28.3 Å². The summed E-state index contributed by atoms with van der Waals surface area (Å²) in [5.41, 5.74) is 7.88. The Kier molecular flexibility index (Phi) is 7.11. The third-order valence-corrected chi connectivity index (χ3v) is 14.5. The topological polar surface area (TPSA) is 29.3 Å². The van der Waals surface area contributed by atoms with E-state index >= 15 is 0 Å². The summed E-state index contributed by atoms with van der Waals surface area (Å²) in [6.07, 6.45) is 2.30. The molecule has 12 aromatic rings. The summed E-state index contributed by atoms with van der Waals surface area (Å²) in [4.78, 5) is 5.40. The highest BCUT2D eigenvalue weighted by molar-refractivity contribution is 7.26. The number of fused-ring (bicyclic) bond motifs is 13. The Morgan fingerprint density at radius 2 is 0.966 bits per heavy atom. The number of aromatic nitrogens is 1. The van der Waals surface area contributed by atoms with Crippen LogP contribution in [0.25, 0.3) is 95.1 Å². The Hall–Kier alpha value is -7.05. The lowest BCUT2D eigenvalue weighted by molar-refractivity contribution is 0.782. The van der Waals surface area contributed by atoms with Gasteiger partial charge in [0.05, 0.1) is 22.8 Å². The van der Waals surface area contributed by atoms with E-state index in [4.69, 9.17) is 4.99 Å². The number of thiophene rings is 2. The number of rotatable bonds is 4. The lowest BCUT2D eigenvalue weighted by atomic mass is 9.98. The fourth-order valence-electron chi connectivity index (χ4n) is 9.44. The van der Waals surface area contributed by atoms with Crippen LogP contribution in [-0.2, 0) is 0 Å². The zero-order valence-electron chi connectivity index (χ0n) is 31.7. The smallest absolute Gasteiger partial charge is 0.134 e. The van der Waals surface area contributed by atoms with Gasteiger partial charge in [-0.3, -0.25) is 0 Å². The van der Waals surface area contributed by atoms with Crippen LogP contribution < -0.4 is 5.32 Å². The fraction of sp³-hybridized carbons (Fsp3) is 0.0185. The molecule has 1 atom stereocenters. The molecule has 59 heavy (non-hydrogen) atoms. The molecule has 276 valence electrons. The van der Waals surface area contributed by atoms with E-state index in [1.807, 2.05) is 22.7 Å². The molecule has 0 radical (unpaired) electrons. The summed E-state index contributed by atoms with van der Waals surface area (Å²) >= 11 is 3.70. The lowest BCUT2D eigenvalue weighted by Gasteiger charge is -2.25. The van der Waals surface area contributed by atoms with E-state index < -0.39 is 0 Å². The van der Waals surface area contributed by atoms with Gasteiger partial charge in [0.15, 0.2) is 0 Å². The van der Waals surface area contributed by atoms with Crippen LogP contribution in [0.5, 0.6) is 0 Å². The number of nitrogens with one attached hydrogen (secondary N) is 1. The summed E-state index contributed by atoms with van der Waals surface area (Å²) in [5.74, 6) is 0.865. The number of benzene rings is 9. The highest BCUT2D eigenvalue weighted by Gasteiger charge is 2.23. The third kappa shape index (κ3) is 5.08. The molecule has 1 aliphatic heterocycles. The molecular weight excluding hydrogens is 755 g/mol. The van der Waals surface area contributed by atoms with Gasteiger partial charge >= 0.3 is 0 Å². The van der Waals surface area contributed by atoms with E-state index in [0.29, 0.717) is 0 Å². The predicted octanol–water partition coefficient (Wildman–Crippen LogP) is 15.0. The SMILES string of the molecule is C1=C(c2ccc3sc4ccccc4c3c2)N=C(c2ccc(-n3c4ccc5ccccc5c4c4c5ccccc5ccc43)cc2)NC1c1ccc2sc3ccccc3c2c1. The number of amidine groups is 1. The minimum Gasteiger partial charge on any atom is -0.359 e. The molecule has 0 aliphatic carbocycles. The average molecular weight is 788 g/mol. The van der Waals surface area contributed by atoms with Gasteiger partial charge in [-0.2, -0.15) is 0 Å². The van der Waals surface area contributed by atoms with Crippen LogP contribution in [0.4, 0.5) is 0 Å². The summed E-state index contributed by atoms with van der Waals surface area (Å²) in [6.45, 7) is 0. The van der Waals surface area contributed by atoms with Crippen molar-refractivity contribution in [1.29, 1.82) is 0 Å². The Morgan fingerprint density at radius 3 is 1.61 bits per heavy atom. The summed E-state index contributed by atoms with van der Waals surface area (Å²) in [5, 5.41) is 16.7.